The fourth-order valence-electron chi connectivity index (χ4n) is 5.71. The van der Waals surface area contributed by atoms with Crippen LogP contribution in [0.1, 0.15) is 78.8 Å². The highest BCUT2D eigenvalue weighted by Crippen LogP contribution is 2.45. The summed E-state index contributed by atoms with van der Waals surface area (Å²) in [4.78, 5) is 31.4. The van der Waals surface area contributed by atoms with Crippen molar-refractivity contribution < 1.29 is 32.2 Å². The first-order valence-electron chi connectivity index (χ1n) is 13.7. The van der Waals surface area contributed by atoms with Gasteiger partial charge < -0.3 is 19.8 Å². The van der Waals surface area contributed by atoms with Gasteiger partial charge in [-0.05, 0) is 74.3 Å². The first kappa shape index (κ1) is 29.6. The molecule has 0 radical (unpaired) electrons. The number of alkyl halides is 3. The summed E-state index contributed by atoms with van der Waals surface area (Å²) >= 11 is 0. The smallest absolute Gasteiger partial charge is 0.418 e. The van der Waals surface area contributed by atoms with Crippen LogP contribution >= 0.6 is 0 Å². The lowest BCUT2D eigenvalue weighted by molar-refractivity contribution is -0.145. The van der Waals surface area contributed by atoms with Gasteiger partial charge in [0, 0.05) is 30.9 Å². The Hall–Kier alpha value is -3.43. The predicted molar refractivity (Wildman–Crippen MR) is 143 cm³/mol. The van der Waals surface area contributed by atoms with Crippen LogP contribution in [0.4, 0.5) is 13.2 Å². The van der Waals surface area contributed by atoms with Gasteiger partial charge in [-0.3, -0.25) is 9.78 Å². The molecule has 2 aliphatic rings. The average Bonchev–Trinajstić information content (AvgIpc) is 3.33. The van der Waals surface area contributed by atoms with Crippen LogP contribution < -0.4 is 4.74 Å². The Morgan fingerprint density at radius 3 is 2.60 bits per heavy atom. The molecule has 1 saturated carbocycles. The number of hydrogen-bond donors (Lipinski definition) is 1. The lowest BCUT2D eigenvalue weighted by Gasteiger charge is -2.39. The molecule has 7 nitrogen and oxygen atoms in total. The number of amides is 1. The first-order valence-corrected chi connectivity index (χ1v) is 13.7. The van der Waals surface area contributed by atoms with Crippen LogP contribution in [-0.4, -0.2) is 47.7 Å². The molecule has 1 fully saturated rings. The maximum absolute atomic E-state index is 14.1. The number of rotatable bonds is 9. The summed E-state index contributed by atoms with van der Waals surface area (Å²) in [5.41, 5.74) is 0.574. The molecule has 0 bridgehead atoms. The number of esters is 1. The summed E-state index contributed by atoms with van der Waals surface area (Å²) < 4.78 is 52.5. The summed E-state index contributed by atoms with van der Waals surface area (Å²) in [5, 5.41) is 8.07. The number of carbonyl (C=O) groups is 2. The van der Waals surface area contributed by atoms with Crippen molar-refractivity contribution in [3.8, 4) is 5.75 Å². The van der Waals surface area contributed by atoms with Crippen LogP contribution in [0.25, 0.3) is 0 Å². The SMILES string of the molecule is COC(=O)c1cccc(OCCCCc2nc3c(cc2C(F)(F)F)CN(C(=O)[C@@]2(C(C)C)CCC(=N)C2)CC3)c1. The molecule has 40 heavy (non-hydrogen) atoms. The molecule has 1 atom stereocenters. The van der Waals surface area contributed by atoms with E-state index in [1.165, 1.54) is 13.2 Å². The minimum Gasteiger partial charge on any atom is -0.494 e. The highest BCUT2D eigenvalue weighted by molar-refractivity contribution is 5.94. The van der Waals surface area contributed by atoms with Crippen LogP contribution in [0.3, 0.4) is 0 Å². The number of nitrogens with one attached hydrogen (secondary N) is 1. The Labute approximate surface area is 232 Å². The number of halogens is 3. The normalized spacial score (nSPS) is 19.1. The van der Waals surface area contributed by atoms with E-state index in [1.54, 1.807) is 29.2 Å². The zero-order valence-corrected chi connectivity index (χ0v) is 23.2. The molecular formula is C30H36F3N3O4. The number of benzene rings is 1. The number of hydrogen-bond acceptors (Lipinski definition) is 6. The molecule has 0 unspecified atom stereocenters. The molecule has 1 aromatic carbocycles. The van der Waals surface area contributed by atoms with E-state index in [2.05, 4.69) is 4.98 Å². The molecule has 1 aliphatic heterocycles. The lowest BCUT2D eigenvalue weighted by atomic mass is 9.74. The van der Waals surface area contributed by atoms with Gasteiger partial charge in [0.15, 0.2) is 0 Å². The molecule has 1 N–H and O–H groups in total. The van der Waals surface area contributed by atoms with Gasteiger partial charge >= 0.3 is 12.1 Å². The van der Waals surface area contributed by atoms with Gasteiger partial charge in [-0.1, -0.05) is 19.9 Å². The maximum Gasteiger partial charge on any atom is 0.418 e. The molecule has 0 saturated heterocycles. The Morgan fingerprint density at radius 1 is 1.18 bits per heavy atom. The van der Waals surface area contributed by atoms with E-state index in [9.17, 15) is 22.8 Å². The number of aryl methyl sites for hydroxylation is 1. The van der Waals surface area contributed by atoms with Crippen LogP contribution in [0.2, 0.25) is 0 Å². The molecule has 2 heterocycles. The van der Waals surface area contributed by atoms with Crippen molar-refractivity contribution in [2.75, 3.05) is 20.3 Å². The number of carbonyl (C=O) groups excluding carboxylic acids is 2. The second-order valence-corrected chi connectivity index (χ2v) is 11.0. The molecule has 2 aromatic rings. The largest absolute Gasteiger partial charge is 0.494 e. The predicted octanol–water partition coefficient (Wildman–Crippen LogP) is 6.02. The third-order valence-electron chi connectivity index (χ3n) is 8.11. The molecule has 216 valence electrons. The second kappa shape index (κ2) is 12.0. The number of pyridine rings is 1. The summed E-state index contributed by atoms with van der Waals surface area (Å²) in [6, 6.07) is 7.71. The zero-order chi connectivity index (χ0) is 29.1. The Bertz CT molecular complexity index is 1280. The van der Waals surface area contributed by atoms with Crippen LogP contribution in [-0.2, 0) is 35.1 Å². The van der Waals surface area contributed by atoms with Crippen molar-refractivity contribution in [1.82, 2.24) is 9.88 Å². The molecule has 10 heteroatoms. The number of fused-ring (bicyclic) bond motifs is 1. The molecule has 1 aliphatic carbocycles. The summed E-state index contributed by atoms with van der Waals surface area (Å²) in [6.07, 6.45) is -1.45. The summed E-state index contributed by atoms with van der Waals surface area (Å²) in [7, 11) is 1.29. The molecular weight excluding hydrogens is 523 g/mol. The van der Waals surface area contributed by atoms with Crippen molar-refractivity contribution in [3.05, 3.63) is 58.4 Å². The van der Waals surface area contributed by atoms with Crippen molar-refractivity contribution >= 4 is 17.6 Å². The molecule has 0 spiro atoms. The number of unbranched alkanes of at least 4 members (excludes halogenated alkanes) is 1. The lowest BCUT2D eigenvalue weighted by Crippen LogP contribution is -2.47. The number of aromatic nitrogens is 1. The van der Waals surface area contributed by atoms with E-state index in [0.717, 1.165) is 0 Å². The van der Waals surface area contributed by atoms with Crippen molar-refractivity contribution in [3.63, 3.8) is 0 Å². The first-order chi connectivity index (χ1) is 18.9. The van der Waals surface area contributed by atoms with Gasteiger partial charge in [0.1, 0.15) is 5.75 Å². The fourth-order valence-corrected chi connectivity index (χ4v) is 5.71. The third kappa shape index (κ3) is 6.31. The van der Waals surface area contributed by atoms with E-state index in [-0.39, 0.29) is 37.1 Å². The van der Waals surface area contributed by atoms with E-state index >= 15 is 0 Å². The summed E-state index contributed by atoms with van der Waals surface area (Å²) in [5.74, 6) is -0.0189. The van der Waals surface area contributed by atoms with Crippen LogP contribution in [0.5, 0.6) is 5.75 Å². The van der Waals surface area contributed by atoms with Crippen molar-refractivity contribution in [2.45, 2.75) is 71.5 Å². The second-order valence-electron chi connectivity index (χ2n) is 11.0. The third-order valence-corrected chi connectivity index (χ3v) is 8.11. The van der Waals surface area contributed by atoms with Gasteiger partial charge in [-0.25, -0.2) is 4.79 Å². The number of ether oxygens (including phenoxy) is 2. The van der Waals surface area contributed by atoms with Gasteiger partial charge in [-0.15, -0.1) is 0 Å². The van der Waals surface area contributed by atoms with Crippen molar-refractivity contribution in [1.29, 1.82) is 5.41 Å². The minimum absolute atomic E-state index is 0.0154. The van der Waals surface area contributed by atoms with Gasteiger partial charge in [0.05, 0.1) is 36.0 Å². The van der Waals surface area contributed by atoms with Crippen LogP contribution in [0.15, 0.2) is 30.3 Å². The van der Waals surface area contributed by atoms with Crippen LogP contribution in [0, 0.1) is 16.7 Å². The summed E-state index contributed by atoms with van der Waals surface area (Å²) in [6.45, 7) is 4.75. The molecule has 4 rings (SSSR count). The number of methoxy groups -OCH3 is 1. The number of nitrogens with zero attached hydrogens (tertiary/aromatic N) is 2. The topological polar surface area (TPSA) is 92.6 Å². The van der Waals surface area contributed by atoms with Crippen molar-refractivity contribution in [2.24, 2.45) is 11.3 Å². The standard InChI is InChI=1S/C30H36F3N3O4/c1-19(2)29(12-10-22(34)17-29)28(38)36-13-11-25-21(18-36)16-24(30(31,32)33)26(35-25)9-4-5-14-40-23-8-6-7-20(15-23)27(37)39-3/h6-8,15-16,19,34H,4-5,9-14,17-18H2,1-3H3/t29-/m0/s1. The highest BCUT2D eigenvalue weighted by Gasteiger charge is 2.48. The van der Waals surface area contributed by atoms with E-state index in [4.69, 9.17) is 14.9 Å². The maximum atomic E-state index is 14.1. The highest BCUT2D eigenvalue weighted by atomic mass is 19.4. The molecule has 1 aromatic heterocycles. The quantitative estimate of drug-likeness (QED) is 0.300. The van der Waals surface area contributed by atoms with E-state index in [1.807, 2.05) is 13.8 Å². The minimum atomic E-state index is -4.56. The van der Waals surface area contributed by atoms with E-state index < -0.39 is 23.1 Å². The molecule has 1 amide bonds. The van der Waals surface area contributed by atoms with Gasteiger partial charge in [0.25, 0.3) is 0 Å². The average molecular weight is 560 g/mol. The van der Waals surface area contributed by atoms with E-state index in [0.29, 0.717) is 73.4 Å². The van der Waals surface area contributed by atoms with Gasteiger partial charge in [-0.2, -0.15) is 13.2 Å². The Balaban J connectivity index is 1.41. The zero-order valence-electron chi connectivity index (χ0n) is 23.2. The Morgan fingerprint density at radius 2 is 1.95 bits per heavy atom. The Kier molecular flexibility index (Phi) is 8.85. The van der Waals surface area contributed by atoms with Gasteiger partial charge in [0.2, 0.25) is 5.91 Å². The monoisotopic (exact) mass is 559 g/mol. The fraction of sp³-hybridized carbons (Fsp3) is 0.533.